The summed E-state index contributed by atoms with van der Waals surface area (Å²) in [6.45, 7) is 6.78. The Bertz CT molecular complexity index is 458. The standard InChI is InChI=1S/C16H23BrN2O/c1-10(2)13-6-4-11(3)8-14(13)19-16(20)12-5-7-15(17)18-9-12/h5,7,9-11,13-14H,4,6,8H2,1-3H3,(H,19,20). The van der Waals surface area contributed by atoms with Gasteiger partial charge in [0.1, 0.15) is 4.60 Å². The highest BCUT2D eigenvalue weighted by atomic mass is 79.9. The van der Waals surface area contributed by atoms with Gasteiger partial charge in [0.25, 0.3) is 5.91 Å². The summed E-state index contributed by atoms with van der Waals surface area (Å²) >= 11 is 3.29. The Kier molecular flexibility index (Phi) is 5.19. The minimum absolute atomic E-state index is 0.00486. The van der Waals surface area contributed by atoms with Crippen LogP contribution in [0.5, 0.6) is 0 Å². The largest absolute Gasteiger partial charge is 0.349 e. The first-order chi connectivity index (χ1) is 9.47. The normalized spacial score (nSPS) is 26.6. The molecule has 3 atom stereocenters. The first-order valence-corrected chi connectivity index (χ1v) is 8.19. The smallest absolute Gasteiger partial charge is 0.253 e. The van der Waals surface area contributed by atoms with Crippen molar-refractivity contribution in [1.29, 1.82) is 0 Å². The number of amides is 1. The zero-order valence-electron chi connectivity index (χ0n) is 12.4. The van der Waals surface area contributed by atoms with Crippen LogP contribution in [-0.4, -0.2) is 16.9 Å². The number of pyridine rings is 1. The third kappa shape index (κ3) is 3.81. The molecule has 1 aromatic heterocycles. The number of rotatable bonds is 3. The predicted octanol–water partition coefficient (Wildman–Crippen LogP) is 4.03. The Labute approximate surface area is 129 Å². The fourth-order valence-corrected chi connectivity index (χ4v) is 3.36. The molecule has 0 saturated heterocycles. The van der Waals surface area contributed by atoms with Crippen LogP contribution < -0.4 is 5.32 Å². The van der Waals surface area contributed by atoms with Crippen LogP contribution in [0.1, 0.15) is 50.4 Å². The molecule has 0 bridgehead atoms. The van der Waals surface area contributed by atoms with Gasteiger partial charge in [-0.3, -0.25) is 4.79 Å². The second kappa shape index (κ2) is 6.70. The Morgan fingerprint density at radius 1 is 1.40 bits per heavy atom. The first kappa shape index (κ1) is 15.5. The van der Waals surface area contributed by atoms with Gasteiger partial charge in [-0.1, -0.05) is 27.2 Å². The maximum atomic E-state index is 12.3. The molecule has 1 aliphatic carbocycles. The quantitative estimate of drug-likeness (QED) is 0.845. The Hall–Kier alpha value is -0.900. The van der Waals surface area contributed by atoms with E-state index in [0.717, 1.165) is 11.0 Å². The highest BCUT2D eigenvalue weighted by Gasteiger charge is 2.31. The zero-order chi connectivity index (χ0) is 14.7. The highest BCUT2D eigenvalue weighted by molar-refractivity contribution is 9.10. The molecule has 1 aromatic rings. The van der Waals surface area contributed by atoms with Crippen LogP contribution in [0.4, 0.5) is 0 Å². The maximum absolute atomic E-state index is 12.3. The summed E-state index contributed by atoms with van der Waals surface area (Å²) in [5.74, 6) is 1.88. The molecular formula is C16H23BrN2O. The molecule has 1 aliphatic rings. The molecule has 1 fully saturated rings. The summed E-state index contributed by atoms with van der Waals surface area (Å²) in [6, 6.07) is 3.90. The third-order valence-electron chi connectivity index (χ3n) is 4.33. The monoisotopic (exact) mass is 338 g/mol. The second-order valence-corrected chi connectivity index (χ2v) is 7.09. The molecule has 0 aliphatic heterocycles. The molecule has 3 unspecified atom stereocenters. The minimum Gasteiger partial charge on any atom is -0.349 e. The molecule has 0 spiro atoms. The van der Waals surface area contributed by atoms with E-state index in [9.17, 15) is 4.79 Å². The molecule has 1 amide bonds. The van der Waals surface area contributed by atoms with Crippen molar-refractivity contribution in [3.63, 3.8) is 0 Å². The number of carbonyl (C=O) groups excluding carboxylic acids is 1. The molecule has 1 saturated carbocycles. The topological polar surface area (TPSA) is 42.0 Å². The Morgan fingerprint density at radius 3 is 2.75 bits per heavy atom. The van der Waals surface area contributed by atoms with Crippen molar-refractivity contribution in [3.8, 4) is 0 Å². The van der Waals surface area contributed by atoms with Crippen LogP contribution in [0.3, 0.4) is 0 Å². The lowest BCUT2D eigenvalue weighted by atomic mass is 9.74. The average Bonchev–Trinajstić information content (AvgIpc) is 2.39. The van der Waals surface area contributed by atoms with Crippen molar-refractivity contribution in [1.82, 2.24) is 10.3 Å². The average molecular weight is 339 g/mol. The zero-order valence-corrected chi connectivity index (χ0v) is 14.0. The van der Waals surface area contributed by atoms with E-state index in [1.807, 2.05) is 6.07 Å². The fraction of sp³-hybridized carbons (Fsp3) is 0.625. The van der Waals surface area contributed by atoms with E-state index >= 15 is 0 Å². The number of aromatic nitrogens is 1. The molecule has 3 nitrogen and oxygen atoms in total. The van der Waals surface area contributed by atoms with Crippen molar-refractivity contribution >= 4 is 21.8 Å². The number of nitrogens with one attached hydrogen (secondary N) is 1. The summed E-state index contributed by atoms with van der Waals surface area (Å²) in [4.78, 5) is 16.5. The van der Waals surface area contributed by atoms with Crippen molar-refractivity contribution in [2.75, 3.05) is 0 Å². The van der Waals surface area contributed by atoms with Crippen LogP contribution >= 0.6 is 15.9 Å². The molecule has 110 valence electrons. The van der Waals surface area contributed by atoms with Gasteiger partial charge in [-0.15, -0.1) is 0 Å². The van der Waals surface area contributed by atoms with Crippen molar-refractivity contribution in [2.45, 2.75) is 46.1 Å². The molecule has 2 rings (SSSR count). The van der Waals surface area contributed by atoms with Crippen molar-refractivity contribution in [3.05, 3.63) is 28.5 Å². The number of nitrogens with zero attached hydrogens (tertiary/aromatic N) is 1. The van der Waals surface area contributed by atoms with Gasteiger partial charge >= 0.3 is 0 Å². The lowest BCUT2D eigenvalue weighted by Gasteiger charge is -2.37. The van der Waals surface area contributed by atoms with Gasteiger partial charge in [0.15, 0.2) is 0 Å². The third-order valence-corrected chi connectivity index (χ3v) is 4.80. The van der Waals surface area contributed by atoms with Crippen LogP contribution in [-0.2, 0) is 0 Å². The molecule has 1 heterocycles. The summed E-state index contributed by atoms with van der Waals surface area (Å²) in [5, 5.41) is 3.22. The molecule has 0 radical (unpaired) electrons. The predicted molar refractivity (Wildman–Crippen MR) is 84.5 cm³/mol. The van der Waals surface area contributed by atoms with Gasteiger partial charge in [0.05, 0.1) is 5.56 Å². The highest BCUT2D eigenvalue weighted by Crippen LogP contribution is 2.33. The van der Waals surface area contributed by atoms with Gasteiger partial charge in [-0.05, 0) is 58.7 Å². The molecule has 0 aromatic carbocycles. The van der Waals surface area contributed by atoms with Crippen LogP contribution in [0.25, 0.3) is 0 Å². The Balaban J connectivity index is 2.05. The second-order valence-electron chi connectivity index (χ2n) is 6.28. The number of carbonyl (C=O) groups is 1. The number of hydrogen-bond acceptors (Lipinski definition) is 2. The van der Waals surface area contributed by atoms with E-state index in [0.29, 0.717) is 23.3 Å². The van der Waals surface area contributed by atoms with Gasteiger partial charge < -0.3 is 5.32 Å². The minimum atomic E-state index is -0.00486. The van der Waals surface area contributed by atoms with E-state index in [-0.39, 0.29) is 11.9 Å². The van der Waals surface area contributed by atoms with Crippen molar-refractivity contribution in [2.24, 2.45) is 17.8 Å². The van der Waals surface area contributed by atoms with Crippen LogP contribution in [0.15, 0.2) is 22.9 Å². The fourth-order valence-electron chi connectivity index (χ4n) is 3.13. The summed E-state index contributed by atoms with van der Waals surface area (Å²) < 4.78 is 0.750. The van der Waals surface area contributed by atoms with Gasteiger partial charge in [-0.2, -0.15) is 0 Å². The van der Waals surface area contributed by atoms with Crippen LogP contribution in [0, 0.1) is 17.8 Å². The molecule has 1 N–H and O–H groups in total. The Morgan fingerprint density at radius 2 is 2.15 bits per heavy atom. The van der Waals surface area contributed by atoms with E-state index in [1.54, 1.807) is 12.3 Å². The lowest BCUT2D eigenvalue weighted by Crippen LogP contribution is -2.45. The lowest BCUT2D eigenvalue weighted by molar-refractivity contribution is 0.0867. The van der Waals surface area contributed by atoms with Gasteiger partial charge in [0, 0.05) is 12.2 Å². The van der Waals surface area contributed by atoms with E-state index in [4.69, 9.17) is 0 Å². The van der Waals surface area contributed by atoms with E-state index in [1.165, 1.54) is 12.8 Å². The number of hydrogen-bond donors (Lipinski definition) is 1. The summed E-state index contributed by atoms with van der Waals surface area (Å²) in [7, 11) is 0. The summed E-state index contributed by atoms with van der Waals surface area (Å²) in [6.07, 6.45) is 5.19. The SMILES string of the molecule is CC1CCC(C(C)C)C(NC(=O)c2ccc(Br)nc2)C1. The molecule has 4 heteroatoms. The van der Waals surface area contributed by atoms with E-state index in [2.05, 4.69) is 47.0 Å². The molecular weight excluding hydrogens is 316 g/mol. The van der Waals surface area contributed by atoms with Crippen molar-refractivity contribution < 1.29 is 4.79 Å². The number of halogens is 1. The first-order valence-electron chi connectivity index (χ1n) is 7.39. The van der Waals surface area contributed by atoms with E-state index < -0.39 is 0 Å². The van der Waals surface area contributed by atoms with Gasteiger partial charge in [-0.25, -0.2) is 4.98 Å². The molecule has 20 heavy (non-hydrogen) atoms. The van der Waals surface area contributed by atoms with Crippen LogP contribution in [0.2, 0.25) is 0 Å². The van der Waals surface area contributed by atoms with Gasteiger partial charge in [0.2, 0.25) is 0 Å². The maximum Gasteiger partial charge on any atom is 0.253 e. The summed E-state index contributed by atoms with van der Waals surface area (Å²) in [5.41, 5.74) is 0.633.